The summed E-state index contributed by atoms with van der Waals surface area (Å²) in [6.45, 7) is 0.483. The minimum Gasteiger partial charge on any atom is -0.493 e. The van der Waals surface area contributed by atoms with Gasteiger partial charge in [-0.2, -0.15) is 0 Å². The van der Waals surface area contributed by atoms with Gasteiger partial charge in [-0.25, -0.2) is 9.78 Å². The summed E-state index contributed by atoms with van der Waals surface area (Å²) in [5.41, 5.74) is 5.01. The van der Waals surface area contributed by atoms with Gasteiger partial charge in [0.2, 0.25) is 0 Å². The standard InChI is InChI=1S/C33H33N3O5/c1-35(2)24-17-15-23(16-18-25-26-10-5-7-12-28(26)34-29-13-8-6-11-27(25)29)30(22-24)40-21-9-3-4-14-33(39)41-36-31(37)19-20-32(36)38/h5-8,10-13,15-18,22H,3-4,9,14,19-21H2,1-2H3/b18-16+. The molecule has 4 aromatic rings. The summed E-state index contributed by atoms with van der Waals surface area (Å²) in [5.74, 6) is -0.726. The first kappa shape index (κ1) is 27.8. The minimum absolute atomic E-state index is 0.0887. The molecule has 210 valence electrons. The maximum absolute atomic E-state index is 12.0. The lowest BCUT2D eigenvalue weighted by molar-refractivity contribution is -0.197. The Morgan fingerprint density at radius 2 is 1.54 bits per heavy atom. The lowest BCUT2D eigenvalue weighted by atomic mass is 10.0. The zero-order valence-corrected chi connectivity index (χ0v) is 23.3. The first-order valence-electron chi connectivity index (χ1n) is 13.9. The van der Waals surface area contributed by atoms with Gasteiger partial charge in [0, 0.05) is 61.4 Å². The average molecular weight is 552 g/mol. The van der Waals surface area contributed by atoms with Crippen molar-refractivity contribution in [3.05, 3.63) is 77.9 Å². The first-order valence-corrected chi connectivity index (χ1v) is 13.9. The number of hydrogen-bond donors (Lipinski definition) is 0. The van der Waals surface area contributed by atoms with Crippen molar-refractivity contribution in [3.8, 4) is 5.75 Å². The van der Waals surface area contributed by atoms with Crippen molar-refractivity contribution in [3.63, 3.8) is 0 Å². The molecule has 2 amide bonds. The number of benzene rings is 3. The van der Waals surface area contributed by atoms with Gasteiger partial charge in [-0.3, -0.25) is 9.59 Å². The van der Waals surface area contributed by atoms with E-state index < -0.39 is 17.8 Å². The third kappa shape index (κ3) is 6.54. The van der Waals surface area contributed by atoms with Gasteiger partial charge in [0.05, 0.1) is 17.6 Å². The second-order valence-corrected chi connectivity index (χ2v) is 10.2. The Balaban J connectivity index is 1.25. The number of unbranched alkanes of at least 4 members (excludes halogenated alkanes) is 2. The average Bonchev–Trinajstić information content (AvgIpc) is 3.29. The topological polar surface area (TPSA) is 89.0 Å². The molecule has 0 radical (unpaired) electrons. The van der Waals surface area contributed by atoms with Gasteiger partial charge in [-0.05, 0) is 49.1 Å². The van der Waals surface area contributed by atoms with E-state index in [1.807, 2.05) is 61.5 Å². The molecule has 1 saturated heterocycles. The quantitative estimate of drug-likeness (QED) is 0.125. The van der Waals surface area contributed by atoms with Crippen molar-refractivity contribution in [1.29, 1.82) is 0 Å². The molecule has 1 aliphatic rings. The number of anilines is 1. The SMILES string of the molecule is CN(C)c1ccc(/C=C/c2c3ccccc3nc3ccccc23)c(OCCCCCC(=O)ON2C(=O)CCC2=O)c1. The highest BCUT2D eigenvalue weighted by Gasteiger charge is 2.32. The molecule has 8 heteroatoms. The highest BCUT2D eigenvalue weighted by molar-refractivity contribution is 6.04. The third-order valence-corrected chi connectivity index (χ3v) is 7.05. The summed E-state index contributed by atoms with van der Waals surface area (Å²) < 4.78 is 6.23. The number of para-hydroxylation sites is 2. The number of pyridine rings is 1. The van der Waals surface area contributed by atoms with Gasteiger partial charge in [0.15, 0.2) is 0 Å². The van der Waals surface area contributed by atoms with E-state index in [4.69, 9.17) is 14.6 Å². The minimum atomic E-state index is -0.572. The van der Waals surface area contributed by atoms with Crippen molar-refractivity contribution in [1.82, 2.24) is 10.0 Å². The molecule has 0 atom stereocenters. The van der Waals surface area contributed by atoms with E-state index >= 15 is 0 Å². The number of hydroxylamine groups is 2. The van der Waals surface area contributed by atoms with Crippen LogP contribution >= 0.6 is 0 Å². The maximum atomic E-state index is 12.0. The normalized spacial score (nSPS) is 13.5. The molecule has 0 bridgehead atoms. The summed E-state index contributed by atoms with van der Waals surface area (Å²) in [4.78, 5) is 47.0. The van der Waals surface area contributed by atoms with Crippen molar-refractivity contribution in [2.24, 2.45) is 0 Å². The van der Waals surface area contributed by atoms with Crippen molar-refractivity contribution in [2.75, 3.05) is 25.6 Å². The Labute approximate surface area is 239 Å². The van der Waals surface area contributed by atoms with Crippen LogP contribution in [0.4, 0.5) is 5.69 Å². The van der Waals surface area contributed by atoms with Crippen LogP contribution in [0.15, 0.2) is 66.7 Å². The molecule has 1 aromatic heterocycles. The second-order valence-electron chi connectivity index (χ2n) is 10.2. The van der Waals surface area contributed by atoms with Gasteiger partial charge in [0.25, 0.3) is 11.8 Å². The zero-order valence-electron chi connectivity index (χ0n) is 23.3. The number of rotatable bonds is 11. The molecule has 3 aromatic carbocycles. The van der Waals surface area contributed by atoms with Gasteiger partial charge in [0.1, 0.15) is 5.75 Å². The Hall–Kier alpha value is -4.72. The number of hydrogen-bond acceptors (Lipinski definition) is 7. The number of imide groups is 1. The molecule has 0 spiro atoms. The van der Waals surface area contributed by atoms with Gasteiger partial charge in [-0.1, -0.05) is 48.6 Å². The summed E-state index contributed by atoms with van der Waals surface area (Å²) in [5, 5.41) is 2.77. The van der Waals surface area contributed by atoms with Crippen LogP contribution in [0.3, 0.4) is 0 Å². The third-order valence-electron chi connectivity index (χ3n) is 7.05. The number of carbonyl (C=O) groups excluding carboxylic acids is 3. The van der Waals surface area contributed by atoms with E-state index in [0.29, 0.717) is 18.1 Å². The number of fused-ring (bicyclic) bond motifs is 2. The molecule has 1 aliphatic heterocycles. The fourth-order valence-electron chi connectivity index (χ4n) is 4.82. The van der Waals surface area contributed by atoms with Gasteiger partial charge in [-0.15, -0.1) is 5.06 Å². The van der Waals surface area contributed by atoms with Crippen LogP contribution in [0, 0.1) is 0 Å². The number of amides is 2. The highest BCUT2D eigenvalue weighted by atomic mass is 16.7. The van der Waals surface area contributed by atoms with Crippen LogP contribution in [-0.2, 0) is 19.2 Å². The molecule has 2 heterocycles. The van der Waals surface area contributed by atoms with E-state index in [9.17, 15) is 14.4 Å². The summed E-state index contributed by atoms with van der Waals surface area (Å²) in [7, 11) is 3.98. The van der Waals surface area contributed by atoms with Crippen LogP contribution in [0.25, 0.3) is 34.0 Å². The van der Waals surface area contributed by atoms with Crippen LogP contribution < -0.4 is 9.64 Å². The molecule has 5 rings (SSSR count). The smallest absolute Gasteiger partial charge is 0.333 e. The molecular formula is C33H33N3O5. The number of ether oxygens (including phenoxy) is 1. The van der Waals surface area contributed by atoms with E-state index in [1.165, 1.54) is 0 Å². The lowest BCUT2D eigenvalue weighted by Gasteiger charge is -2.16. The van der Waals surface area contributed by atoms with E-state index in [1.54, 1.807) is 0 Å². The molecule has 41 heavy (non-hydrogen) atoms. The zero-order chi connectivity index (χ0) is 28.8. The molecule has 8 nitrogen and oxygen atoms in total. The van der Waals surface area contributed by atoms with Crippen molar-refractivity contribution in [2.45, 2.75) is 38.5 Å². The monoisotopic (exact) mass is 551 g/mol. The predicted octanol–water partition coefficient (Wildman–Crippen LogP) is 6.17. The largest absolute Gasteiger partial charge is 0.493 e. The lowest BCUT2D eigenvalue weighted by Crippen LogP contribution is -2.31. The van der Waals surface area contributed by atoms with Crippen LogP contribution in [0.5, 0.6) is 5.75 Å². The molecule has 0 saturated carbocycles. The summed E-state index contributed by atoms with van der Waals surface area (Å²) >= 11 is 0. The first-order chi connectivity index (χ1) is 19.9. The maximum Gasteiger partial charge on any atom is 0.333 e. The molecule has 0 unspecified atom stereocenters. The number of aromatic nitrogens is 1. The molecule has 1 fully saturated rings. The predicted molar refractivity (Wildman–Crippen MR) is 160 cm³/mol. The van der Waals surface area contributed by atoms with Crippen LogP contribution in [-0.4, -0.2) is 48.5 Å². The molecule has 0 N–H and O–H groups in total. The fraction of sp³-hybridized carbons (Fsp3) is 0.273. The van der Waals surface area contributed by atoms with Crippen LogP contribution in [0.2, 0.25) is 0 Å². The van der Waals surface area contributed by atoms with Gasteiger partial charge < -0.3 is 14.5 Å². The summed E-state index contributed by atoms with van der Waals surface area (Å²) in [6.07, 6.45) is 6.58. The number of carbonyl (C=O) groups is 3. The Morgan fingerprint density at radius 1 is 0.878 bits per heavy atom. The number of nitrogens with zero attached hydrogens (tertiary/aromatic N) is 3. The van der Waals surface area contributed by atoms with E-state index in [0.717, 1.165) is 57.2 Å². The van der Waals surface area contributed by atoms with E-state index in [2.05, 4.69) is 36.4 Å². The van der Waals surface area contributed by atoms with E-state index in [-0.39, 0.29) is 19.3 Å². The van der Waals surface area contributed by atoms with Gasteiger partial charge >= 0.3 is 5.97 Å². The second kappa shape index (κ2) is 12.6. The highest BCUT2D eigenvalue weighted by Crippen LogP contribution is 2.31. The summed E-state index contributed by atoms with van der Waals surface area (Å²) in [6, 6.07) is 22.5. The van der Waals surface area contributed by atoms with Crippen molar-refractivity contribution < 1.29 is 24.0 Å². The Kier molecular flexibility index (Phi) is 8.58. The van der Waals surface area contributed by atoms with Crippen LogP contribution in [0.1, 0.15) is 49.7 Å². The molecule has 0 aliphatic carbocycles. The fourth-order valence-corrected chi connectivity index (χ4v) is 4.82. The molecular weight excluding hydrogens is 518 g/mol. The Morgan fingerprint density at radius 3 is 2.20 bits per heavy atom. The van der Waals surface area contributed by atoms with Crippen molar-refractivity contribution >= 4 is 57.4 Å². The Bertz CT molecular complexity index is 1560.